The number of aromatic nitrogens is 1. The van der Waals surface area contributed by atoms with E-state index in [1.54, 1.807) is 10.8 Å². The molecule has 24 heavy (non-hydrogen) atoms. The first kappa shape index (κ1) is 16.0. The van der Waals surface area contributed by atoms with Crippen LogP contribution in [-0.2, 0) is 16.3 Å². The van der Waals surface area contributed by atoms with Gasteiger partial charge in [0.25, 0.3) is 0 Å². The summed E-state index contributed by atoms with van der Waals surface area (Å²) in [5.41, 5.74) is 4.37. The Hall–Kier alpha value is -2.88. The van der Waals surface area contributed by atoms with E-state index in [1.807, 2.05) is 56.3 Å². The van der Waals surface area contributed by atoms with Crippen LogP contribution in [0.15, 0.2) is 53.5 Å². The minimum absolute atomic E-state index is 0.0204. The molecule has 0 amide bonds. The average molecular weight is 321 g/mol. The van der Waals surface area contributed by atoms with Gasteiger partial charge >= 0.3 is 5.97 Å². The SMILES string of the molecule is CC(=O)OCn1cc(-c2ccc(C)cc2)c(=O)c2ccc(C)cc21. The van der Waals surface area contributed by atoms with Crippen molar-refractivity contribution in [3.8, 4) is 11.1 Å². The Balaban J connectivity index is 2.25. The van der Waals surface area contributed by atoms with E-state index < -0.39 is 0 Å². The fourth-order valence-corrected chi connectivity index (χ4v) is 2.71. The summed E-state index contributed by atoms with van der Waals surface area (Å²) in [7, 11) is 0. The molecule has 1 heterocycles. The van der Waals surface area contributed by atoms with Crippen molar-refractivity contribution in [2.75, 3.05) is 0 Å². The van der Waals surface area contributed by atoms with E-state index in [0.29, 0.717) is 10.9 Å². The van der Waals surface area contributed by atoms with Gasteiger partial charge in [-0.2, -0.15) is 0 Å². The lowest BCUT2D eigenvalue weighted by Crippen LogP contribution is -2.14. The quantitative estimate of drug-likeness (QED) is 0.689. The number of esters is 1. The van der Waals surface area contributed by atoms with Gasteiger partial charge in [0.15, 0.2) is 12.2 Å². The van der Waals surface area contributed by atoms with Crippen LogP contribution in [0.4, 0.5) is 0 Å². The van der Waals surface area contributed by atoms with Gasteiger partial charge in [0, 0.05) is 24.1 Å². The molecule has 0 unspecified atom stereocenters. The van der Waals surface area contributed by atoms with Crippen molar-refractivity contribution in [2.45, 2.75) is 27.5 Å². The fraction of sp³-hybridized carbons (Fsp3) is 0.200. The number of hydrogen-bond donors (Lipinski definition) is 0. The zero-order chi connectivity index (χ0) is 17.3. The lowest BCUT2D eigenvalue weighted by molar-refractivity contribution is -0.144. The van der Waals surface area contributed by atoms with Gasteiger partial charge in [0.2, 0.25) is 0 Å². The predicted molar refractivity (Wildman–Crippen MR) is 94.9 cm³/mol. The van der Waals surface area contributed by atoms with Crippen molar-refractivity contribution < 1.29 is 9.53 Å². The number of hydrogen-bond acceptors (Lipinski definition) is 3. The highest BCUT2D eigenvalue weighted by Gasteiger charge is 2.11. The molecule has 0 saturated heterocycles. The topological polar surface area (TPSA) is 48.3 Å². The number of ether oxygens (including phenoxy) is 1. The molecule has 0 saturated carbocycles. The summed E-state index contributed by atoms with van der Waals surface area (Å²) in [6, 6.07) is 13.5. The molecule has 3 aromatic rings. The first-order valence-corrected chi connectivity index (χ1v) is 7.80. The Labute approximate surface area is 140 Å². The van der Waals surface area contributed by atoms with Crippen LogP contribution in [0.3, 0.4) is 0 Å². The summed E-state index contributed by atoms with van der Waals surface area (Å²) < 4.78 is 6.95. The van der Waals surface area contributed by atoms with Gasteiger partial charge in [-0.3, -0.25) is 9.59 Å². The Kier molecular flexibility index (Phi) is 4.21. The van der Waals surface area contributed by atoms with Crippen molar-refractivity contribution >= 4 is 16.9 Å². The van der Waals surface area contributed by atoms with E-state index in [4.69, 9.17) is 4.74 Å². The maximum Gasteiger partial charge on any atom is 0.304 e. The summed E-state index contributed by atoms with van der Waals surface area (Å²) in [4.78, 5) is 24.1. The largest absolute Gasteiger partial charge is 0.444 e. The van der Waals surface area contributed by atoms with Crippen LogP contribution in [-0.4, -0.2) is 10.5 Å². The minimum Gasteiger partial charge on any atom is -0.444 e. The normalized spacial score (nSPS) is 10.8. The molecule has 3 rings (SSSR count). The Morgan fingerprint density at radius 2 is 1.71 bits per heavy atom. The molecule has 2 aromatic carbocycles. The molecule has 4 heteroatoms. The van der Waals surface area contributed by atoms with E-state index in [2.05, 4.69) is 0 Å². The van der Waals surface area contributed by atoms with Crippen molar-refractivity contribution in [1.29, 1.82) is 0 Å². The van der Waals surface area contributed by atoms with Crippen LogP contribution in [0.2, 0.25) is 0 Å². The molecule has 0 radical (unpaired) electrons. The molecule has 4 nitrogen and oxygen atoms in total. The van der Waals surface area contributed by atoms with Crippen molar-refractivity contribution in [2.24, 2.45) is 0 Å². The molecule has 0 fully saturated rings. The van der Waals surface area contributed by atoms with Crippen LogP contribution >= 0.6 is 0 Å². The van der Waals surface area contributed by atoms with Gasteiger partial charge in [-0.1, -0.05) is 35.9 Å². The summed E-state index contributed by atoms with van der Waals surface area (Å²) in [6.07, 6.45) is 1.76. The number of pyridine rings is 1. The lowest BCUT2D eigenvalue weighted by Gasteiger charge is -2.14. The average Bonchev–Trinajstić information content (AvgIpc) is 2.55. The lowest BCUT2D eigenvalue weighted by atomic mass is 10.0. The molecule has 1 aromatic heterocycles. The number of benzene rings is 2. The third kappa shape index (κ3) is 3.08. The summed E-state index contributed by atoms with van der Waals surface area (Å²) in [5, 5.41) is 0.617. The van der Waals surface area contributed by atoms with Crippen LogP contribution in [0, 0.1) is 13.8 Å². The van der Waals surface area contributed by atoms with Gasteiger partial charge in [0.05, 0.1) is 5.52 Å². The molecule has 0 spiro atoms. The van der Waals surface area contributed by atoms with Crippen molar-refractivity contribution in [1.82, 2.24) is 4.57 Å². The van der Waals surface area contributed by atoms with Gasteiger partial charge in [-0.15, -0.1) is 0 Å². The van der Waals surface area contributed by atoms with Crippen LogP contribution in [0.1, 0.15) is 18.1 Å². The van der Waals surface area contributed by atoms with Gasteiger partial charge < -0.3 is 9.30 Å². The standard InChI is InChI=1S/C20H19NO3/c1-13-4-7-16(8-5-13)18-11-21(12-24-15(3)22)19-10-14(2)6-9-17(19)20(18)23/h4-11H,12H2,1-3H3. The molecular weight excluding hydrogens is 302 g/mol. The third-order valence-corrected chi connectivity index (χ3v) is 4.01. The summed E-state index contributed by atoms with van der Waals surface area (Å²) >= 11 is 0. The Bertz CT molecular complexity index is 969. The molecule has 0 aliphatic carbocycles. The Morgan fingerprint density at radius 1 is 1.04 bits per heavy atom. The second kappa shape index (κ2) is 6.32. The van der Waals surface area contributed by atoms with Crippen LogP contribution in [0.25, 0.3) is 22.0 Å². The first-order valence-electron chi connectivity index (χ1n) is 7.80. The number of fused-ring (bicyclic) bond motifs is 1. The minimum atomic E-state index is -0.355. The molecule has 0 aliphatic heterocycles. The number of nitrogens with zero attached hydrogens (tertiary/aromatic N) is 1. The zero-order valence-electron chi connectivity index (χ0n) is 14.0. The highest BCUT2D eigenvalue weighted by Crippen LogP contribution is 2.21. The fourth-order valence-electron chi connectivity index (χ4n) is 2.71. The highest BCUT2D eigenvalue weighted by atomic mass is 16.5. The highest BCUT2D eigenvalue weighted by molar-refractivity contribution is 5.84. The van der Waals surface area contributed by atoms with Crippen LogP contribution < -0.4 is 5.43 Å². The number of rotatable bonds is 3. The maximum absolute atomic E-state index is 12.9. The smallest absolute Gasteiger partial charge is 0.304 e. The summed E-state index contributed by atoms with van der Waals surface area (Å²) in [6.45, 7) is 5.42. The van der Waals surface area contributed by atoms with Gasteiger partial charge in [-0.25, -0.2) is 0 Å². The predicted octanol–water partition coefficient (Wildman–Crippen LogP) is 3.81. The van der Waals surface area contributed by atoms with Gasteiger partial charge in [-0.05, 0) is 37.1 Å². The second-order valence-corrected chi connectivity index (χ2v) is 5.99. The van der Waals surface area contributed by atoms with Crippen LogP contribution in [0.5, 0.6) is 0 Å². The third-order valence-electron chi connectivity index (χ3n) is 4.01. The maximum atomic E-state index is 12.9. The van der Waals surface area contributed by atoms with E-state index >= 15 is 0 Å². The molecule has 0 bridgehead atoms. The molecule has 0 atom stereocenters. The van der Waals surface area contributed by atoms with Crippen molar-refractivity contribution in [3.05, 3.63) is 70.0 Å². The van der Waals surface area contributed by atoms with E-state index in [9.17, 15) is 9.59 Å². The number of carbonyl (C=O) groups excluding carboxylic acids is 1. The molecule has 0 N–H and O–H groups in total. The number of carbonyl (C=O) groups is 1. The zero-order valence-corrected chi connectivity index (χ0v) is 14.0. The van der Waals surface area contributed by atoms with E-state index in [-0.39, 0.29) is 18.1 Å². The molecule has 122 valence electrons. The molecule has 0 aliphatic rings. The first-order chi connectivity index (χ1) is 11.5. The van der Waals surface area contributed by atoms with E-state index in [1.165, 1.54) is 6.92 Å². The number of aryl methyl sites for hydroxylation is 2. The second-order valence-electron chi connectivity index (χ2n) is 5.99. The monoisotopic (exact) mass is 321 g/mol. The summed E-state index contributed by atoms with van der Waals surface area (Å²) in [5.74, 6) is -0.355. The molecular formula is C20H19NO3. The van der Waals surface area contributed by atoms with Crippen molar-refractivity contribution in [3.63, 3.8) is 0 Å². The van der Waals surface area contributed by atoms with Gasteiger partial charge in [0.1, 0.15) is 0 Å². The Morgan fingerprint density at radius 3 is 2.38 bits per heavy atom. The van der Waals surface area contributed by atoms with E-state index in [0.717, 1.165) is 22.2 Å².